The van der Waals surface area contributed by atoms with E-state index in [1.54, 1.807) is 14.0 Å². The van der Waals surface area contributed by atoms with E-state index in [-0.39, 0.29) is 30.0 Å². The lowest BCUT2D eigenvalue weighted by Gasteiger charge is -2.15. The van der Waals surface area contributed by atoms with Gasteiger partial charge in [-0.3, -0.25) is 14.3 Å². The lowest BCUT2D eigenvalue weighted by atomic mass is 10.1. The number of aliphatic carboxylic acids is 1. The Morgan fingerprint density at radius 1 is 1.47 bits per heavy atom. The van der Waals surface area contributed by atoms with E-state index in [1.165, 1.54) is 9.58 Å². The van der Waals surface area contributed by atoms with Gasteiger partial charge in [0.25, 0.3) is 5.91 Å². The number of aryl methyl sites for hydroxylation is 2. The first-order valence-electron chi connectivity index (χ1n) is 5.63. The van der Waals surface area contributed by atoms with Gasteiger partial charge in [-0.15, -0.1) is 12.4 Å². The molecule has 0 aliphatic carbocycles. The highest BCUT2D eigenvalue weighted by Gasteiger charge is 2.33. The summed E-state index contributed by atoms with van der Waals surface area (Å²) in [6.07, 6.45) is 0.484. The maximum absolute atomic E-state index is 12.3. The van der Waals surface area contributed by atoms with E-state index in [2.05, 4.69) is 5.10 Å². The van der Waals surface area contributed by atoms with E-state index >= 15 is 0 Å². The summed E-state index contributed by atoms with van der Waals surface area (Å²) in [5.74, 6) is -1.58. The van der Waals surface area contributed by atoms with E-state index in [0.717, 1.165) is 0 Å². The molecule has 8 heteroatoms. The Hall–Kier alpha value is -1.27. The van der Waals surface area contributed by atoms with Crippen molar-refractivity contribution in [2.24, 2.45) is 13.0 Å². The van der Waals surface area contributed by atoms with Crippen molar-refractivity contribution in [2.45, 2.75) is 13.3 Å². The van der Waals surface area contributed by atoms with Gasteiger partial charge in [0, 0.05) is 20.1 Å². The van der Waals surface area contributed by atoms with Crippen molar-refractivity contribution in [3.05, 3.63) is 16.4 Å². The van der Waals surface area contributed by atoms with Crippen molar-refractivity contribution in [1.29, 1.82) is 0 Å². The normalized spacial score (nSPS) is 18.3. The van der Waals surface area contributed by atoms with Crippen LogP contribution >= 0.6 is 24.0 Å². The van der Waals surface area contributed by atoms with E-state index in [0.29, 0.717) is 24.2 Å². The summed E-state index contributed by atoms with van der Waals surface area (Å²) < 4.78 is 1.44. The fraction of sp³-hybridized carbons (Fsp3) is 0.545. The highest BCUT2D eigenvalue weighted by atomic mass is 35.5. The SMILES string of the molecule is Cc1nn(C)c(Cl)c1C(=O)N1CCC(C(=O)O)C1.Cl. The molecule has 2 heterocycles. The number of carboxylic acid groups (broad SMARTS) is 1. The Balaban J connectivity index is 0.00000180. The van der Waals surface area contributed by atoms with Gasteiger partial charge in [0.1, 0.15) is 5.15 Å². The molecule has 106 valence electrons. The van der Waals surface area contributed by atoms with E-state index in [4.69, 9.17) is 16.7 Å². The van der Waals surface area contributed by atoms with E-state index in [1.807, 2.05) is 0 Å². The van der Waals surface area contributed by atoms with Gasteiger partial charge in [-0.1, -0.05) is 11.6 Å². The average Bonchev–Trinajstić information content (AvgIpc) is 2.85. The molecule has 1 saturated heterocycles. The minimum Gasteiger partial charge on any atom is -0.481 e. The molecular weight excluding hydrogens is 293 g/mol. The van der Waals surface area contributed by atoms with Crippen LogP contribution in [0, 0.1) is 12.8 Å². The van der Waals surface area contributed by atoms with Crippen molar-refractivity contribution in [3.8, 4) is 0 Å². The van der Waals surface area contributed by atoms with Crippen LogP contribution in [0.15, 0.2) is 0 Å². The molecular formula is C11H15Cl2N3O3. The minimum absolute atomic E-state index is 0. The molecule has 2 rings (SSSR count). The largest absolute Gasteiger partial charge is 0.481 e. The monoisotopic (exact) mass is 307 g/mol. The minimum atomic E-state index is -0.862. The molecule has 1 aromatic heterocycles. The van der Waals surface area contributed by atoms with Crippen LogP contribution in [-0.4, -0.2) is 44.8 Å². The summed E-state index contributed by atoms with van der Waals surface area (Å²) in [5.41, 5.74) is 0.927. The lowest BCUT2D eigenvalue weighted by Crippen LogP contribution is -2.30. The molecule has 1 aromatic rings. The zero-order chi connectivity index (χ0) is 13.4. The fourth-order valence-electron chi connectivity index (χ4n) is 2.18. The second-order valence-electron chi connectivity index (χ2n) is 4.45. The molecule has 19 heavy (non-hydrogen) atoms. The summed E-state index contributed by atoms with van der Waals surface area (Å²) in [5, 5.41) is 13.3. The predicted molar refractivity (Wildman–Crippen MR) is 71.8 cm³/mol. The number of amides is 1. The zero-order valence-electron chi connectivity index (χ0n) is 10.6. The lowest BCUT2D eigenvalue weighted by molar-refractivity contribution is -0.141. The maximum atomic E-state index is 12.3. The van der Waals surface area contributed by atoms with Gasteiger partial charge in [-0.05, 0) is 13.3 Å². The Bertz CT molecular complexity index is 516. The first-order valence-corrected chi connectivity index (χ1v) is 6.00. The number of carbonyl (C=O) groups excluding carboxylic acids is 1. The number of hydrogen-bond acceptors (Lipinski definition) is 3. The third kappa shape index (κ3) is 2.84. The average molecular weight is 308 g/mol. The van der Waals surface area contributed by atoms with Gasteiger partial charge in [0.2, 0.25) is 0 Å². The molecule has 0 bridgehead atoms. The van der Waals surface area contributed by atoms with Gasteiger partial charge in [0.05, 0.1) is 17.2 Å². The first-order chi connectivity index (χ1) is 8.41. The third-order valence-electron chi connectivity index (χ3n) is 3.19. The molecule has 0 aromatic carbocycles. The highest BCUT2D eigenvalue weighted by Crippen LogP contribution is 2.24. The van der Waals surface area contributed by atoms with E-state index in [9.17, 15) is 9.59 Å². The highest BCUT2D eigenvalue weighted by molar-refractivity contribution is 6.33. The van der Waals surface area contributed by atoms with Crippen molar-refractivity contribution in [3.63, 3.8) is 0 Å². The predicted octanol–water partition coefficient (Wildman–Crippen LogP) is 1.35. The van der Waals surface area contributed by atoms with Crippen LogP contribution in [0.5, 0.6) is 0 Å². The smallest absolute Gasteiger partial charge is 0.308 e. The molecule has 6 nitrogen and oxygen atoms in total. The van der Waals surface area contributed by atoms with Gasteiger partial charge < -0.3 is 10.0 Å². The van der Waals surface area contributed by atoms with Crippen molar-refractivity contribution < 1.29 is 14.7 Å². The summed E-state index contributed by atoms with van der Waals surface area (Å²) >= 11 is 6.02. The van der Waals surface area contributed by atoms with Crippen molar-refractivity contribution >= 4 is 35.9 Å². The molecule has 1 unspecified atom stereocenters. The number of halogens is 2. The quantitative estimate of drug-likeness (QED) is 0.895. The molecule has 1 atom stereocenters. The van der Waals surface area contributed by atoms with Crippen LogP contribution in [0.1, 0.15) is 22.5 Å². The summed E-state index contributed by atoms with van der Waals surface area (Å²) in [4.78, 5) is 24.7. The number of nitrogens with zero attached hydrogens (tertiary/aromatic N) is 3. The Kier molecular flexibility index (Phi) is 4.81. The van der Waals surface area contributed by atoms with Gasteiger partial charge in [0.15, 0.2) is 0 Å². The second kappa shape index (κ2) is 5.79. The van der Waals surface area contributed by atoms with E-state index < -0.39 is 11.9 Å². The topological polar surface area (TPSA) is 75.4 Å². The molecule has 1 aliphatic rings. The third-order valence-corrected chi connectivity index (χ3v) is 3.62. The molecule has 0 radical (unpaired) electrons. The van der Waals surface area contributed by atoms with Crippen LogP contribution in [0.2, 0.25) is 5.15 Å². The van der Waals surface area contributed by atoms with Gasteiger partial charge in [-0.25, -0.2) is 0 Å². The van der Waals surface area contributed by atoms with Crippen LogP contribution in [0.25, 0.3) is 0 Å². The fourth-order valence-corrected chi connectivity index (χ4v) is 2.43. The standard InChI is InChI=1S/C11H14ClN3O3.ClH/c1-6-8(9(12)14(2)13-6)10(16)15-4-3-7(5-15)11(17)18;/h7H,3-5H2,1-2H3,(H,17,18);1H. The van der Waals surface area contributed by atoms with Crippen LogP contribution < -0.4 is 0 Å². The second-order valence-corrected chi connectivity index (χ2v) is 4.81. The van der Waals surface area contributed by atoms with Gasteiger partial charge in [-0.2, -0.15) is 5.10 Å². The van der Waals surface area contributed by atoms with Crippen molar-refractivity contribution in [1.82, 2.24) is 14.7 Å². The van der Waals surface area contributed by atoms with Crippen LogP contribution in [0.4, 0.5) is 0 Å². The number of likely N-dealkylation sites (tertiary alicyclic amines) is 1. The summed E-state index contributed by atoms with van der Waals surface area (Å²) in [6.45, 7) is 2.39. The van der Waals surface area contributed by atoms with Crippen LogP contribution in [-0.2, 0) is 11.8 Å². The Labute approximate surface area is 121 Å². The number of carbonyl (C=O) groups is 2. The molecule has 1 aliphatic heterocycles. The number of aromatic nitrogens is 2. The molecule has 0 spiro atoms. The zero-order valence-corrected chi connectivity index (χ0v) is 12.2. The number of carboxylic acids is 1. The maximum Gasteiger partial charge on any atom is 0.308 e. The molecule has 1 amide bonds. The van der Waals surface area contributed by atoms with Gasteiger partial charge >= 0.3 is 5.97 Å². The molecule has 0 saturated carbocycles. The Morgan fingerprint density at radius 2 is 2.11 bits per heavy atom. The summed E-state index contributed by atoms with van der Waals surface area (Å²) in [7, 11) is 1.66. The number of hydrogen-bond donors (Lipinski definition) is 1. The Morgan fingerprint density at radius 3 is 2.53 bits per heavy atom. The molecule has 1 N–H and O–H groups in total. The van der Waals surface area contributed by atoms with Crippen molar-refractivity contribution in [2.75, 3.05) is 13.1 Å². The molecule has 1 fully saturated rings. The first kappa shape index (κ1) is 15.8. The summed E-state index contributed by atoms with van der Waals surface area (Å²) in [6, 6.07) is 0. The van der Waals surface area contributed by atoms with Crippen LogP contribution in [0.3, 0.4) is 0 Å². The number of rotatable bonds is 2.